The first kappa shape index (κ1) is 20.0. The molecule has 7 heteroatoms. The highest BCUT2D eigenvalue weighted by Gasteiger charge is 2.21. The Morgan fingerprint density at radius 2 is 2.00 bits per heavy atom. The molecule has 0 aliphatic heterocycles. The van der Waals surface area contributed by atoms with E-state index in [-0.39, 0.29) is 17.9 Å². The average molecular weight is 401 g/mol. The number of hydrogen-bond acceptors (Lipinski definition) is 4. The van der Waals surface area contributed by atoms with Gasteiger partial charge in [0.2, 0.25) is 5.91 Å². The van der Waals surface area contributed by atoms with Crippen molar-refractivity contribution in [1.82, 2.24) is 9.88 Å². The summed E-state index contributed by atoms with van der Waals surface area (Å²) in [6, 6.07) is 5.22. The standard InChI is InChI=1S/C18H22Cl2N2O2S/c1-11(2)18(23)22(12(3)4)8-14-10-25-17(21-14)9-24-16-7-13(19)5-6-15(16)20/h5-7,10-12H,8-9H2,1-4H3. The first-order valence-electron chi connectivity index (χ1n) is 8.09. The van der Waals surface area contributed by atoms with Gasteiger partial charge in [-0.2, -0.15) is 0 Å². The second kappa shape index (κ2) is 8.88. The maximum atomic E-state index is 12.3. The maximum Gasteiger partial charge on any atom is 0.225 e. The van der Waals surface area contributed by atoms with Crippen LogP contribution in [-0.4, -0.2) is 21.8 Å². The van der Waals surface area contributed by atoms with Crippen LogP contribution in [0.5, 0.6) is 5.75 Å². The predicted octanol–water partition coefficient (Wildman–Crippen LogP) is 5.42. The summed E-state index contributed by atoms with van der Waals surface area (Å²) in [5.41, 5.74) is 0.864. The van der Waals surface area contributed by atoms with E-state index in [0.29, 0.717) is 28.9 Å². The summed E-state index contributed by atoms with van der Waals surface area (Å²) >= 11 is 13.5. The molecule has 0 aliphatic carbocycles. The van der Waals surface area contributed by atoms with E-state index in [4.69, 9.17) is 27.9 Å². The number of aromatic nitrogens is 1. The maximum absolute atomic E-state index is 12.3. The van der Waals surface area contributed by atoms with E-state index in [1.807, 2.05) is 38.0 Å². The number of hydrogen-bond donors (Lipinski definition) is 0. The Morgan fingerprint density at radius 1 is 1.28 bits per heavy atom. The van der Waals surface area contributed by atoms with Crippen LogP contribution in [-0.2, 0) is 17.9 Å². The van der Waals surface area contributed by atoms with Gasteiger partial charge in [0.05, 0.1) is 17.3 Å². The van der Waals surface area contributed by atoms with Crippen LogP contribution in [0.4, 0.5) is 0 Å². The smallest absolute Gasteiger partial charge is 0.225 e. The second-order valence-corrected chi connectivity index (χ2v) is 8.10. The fraction of sp³-hybridized carbons (Fsp3) is 0.444. The van der Waals surface area contributed by atoms with Crippen molar-refractivity contribution in [3.63, 3.8) is 0 Å². The van der Waals surface area contributed by atoms with Gasteiger partial charge in [-0.1, -0.05) is 37.0 Å². The van der Waals surface area contributed by atoms with Crippen LogP contribution in [0.25, 0.3) is 0 Å². The van der Waals surface area contributed by atoms with Gasteiger partial charge in [0.15, 0.2) is 0 Å². The van der Waals surface area contributed by atoms with Crippen molar-refractivity contribution in [2.75, 3.05) is 0 Å². The summed E-state index contributed by atoms with van der Waals surface area (Å²) in [7, 11) is 0. The van der Waals surface area contributed by atoms with E-state index in [1.165, 1.54) is 11.3 Å². The van der Waals surface area contributed by atoms with E-state index in [0.717, 1.165) is 10.7 Å². The molecule has 1 aromatic heterocycles. The third-order valence-electron chi connectivity index (χ3n) is 3.58. The van der Waals surface area contributed by atoms with E-state index in [1.54, 1.807) is 18.2 Å². The molecule has 0 N–H and O–H groups in total. The van der Waals surface area contributed by atoms with Gasteiger partial charge in [-0.3, -0.25) is 4.79 Å². The zero-order chi connectivity index (χ0) is 18.6. The molecule has 2 rings (SSSR count). The van der Waals surface area contributed by atoms with E-state index in [9.17, 15) is 4.79 Å². The number of amides is 1. The third-order valence-corrected chi connectivity index (χ3v) is 4.99. The van der Waals surface area contributed by atoms with Gasteiger partial charge in [-0.15, -0.1) is 11.3 Å². The number of rotatable bonds is 7. The molecule has 0 unspecified atom stereocenters. The second-order valence-electron chi connectivity index (χ2n) is 6.31. The Morgan fingerprint density at radius 3 is 2.64 bits per heavy atom. The SMILES string of the molecule is CC(C)C(=O)N(Cc1csc(COc2cc(Cl)ccc2Cl)n1)C(C)C. The molecular weight excluding hydrogens is 379 g/mol. The number of nitrogens with zero attached hydrogens (tertiary/aromatic N) is 2. The highest BCUT2D eigenvalue weighted by atomic mass is 35.5. The van der Waals surface area contributed by atoms with Gasteiger partial charge in [-0.05, 0) is 26.0 Å². The minimum atomic E-state index is -0.0335. The van der Waals surface area contributed by atoms with E-state index < -0.39 is 0 Å². The molecular formula is C18H22Cl2N2O2S. The fourth-order valence-electron chi connectivity index (χ4n) is 2.24. The Hall–Kier alpha value is -1.30. The summed E-state index contributed by atoms with van der Waals surface area (Å²) in [5.74, 6) is 0.630. The number of benzene rings is 1. The third kappa shape index (κ3) is 5.59. The monoisotopic (exact) mass is 400 g/mol. The van der Waals surface area contributed by atoms with Gasteiger partial charge in [0.25, 0.3) is 0 Å². The van der Waals surface area contributed by atoms with Crippen LogP contribution < -0.4 is 4.74 Å². The zero-order valence-electron chi connectivity index (χ0n) is 14.8. The van der Waals surface area contributed by atoms with Crippen molar-refractivity contribution in [2.45, 2.75) is 46.9 Å². The van der Waals surface area contributed by atoms with Crippen LogP contribution in [0.2, 0.25) is 10.0 Å². The van der Waals surface area contributed by atoms with Crippen LogP contribution in [0.3, 0.4) is 0 Å². The van der Waals surface area contributed by atoms with Crippen LogP contribution in [0.1, 0.15) is 38.4 Å². The molecule has 4 nitrogen and oxygen atoms in total. The van der Waals surface area contributed by atoms with Gasteiger partial charge in [-0.25, -0.2) is 4.98 Å². The van der Waals surface area contributed by atoms with Crippen molar-refractivity contribution in [3.8, 4) is 5.75 Å². The molecule has 0 atom stereocenters. The van der Waals surface area contributed by atoms with Gasteiger partial charge in [0, 0.05) is 28.4 Å². The number of thiazole rings is 1. The summed E-state index contributed by atoms with van der Waals surface area (Å²) in [6.45, 7) is 8.66. The summed E-state index contributed by atoms with van der Waals surface area (Å²) in [5, 5.41) is 3.86. The molecule has 2 aromatic rings. The molecule has 25 heavy (non-hydrogen) atoms. The Kier molecular flexibility index (Phi) is 7.11. The minimum Gasteiger partial charge on any atom is -0.485 e. The van der Waals surface area contributed by atoms with Crippen molar-refractivity contribution in [1.29, 1.82) is 0 Å². The summed E-state index contributed by atoms with van der Waals surface area (Å²) in [6.07, 6.45) is 0. The number of carbonyl (C=O) groups is 1. The predicted molar refractivity (Wildman–Crippen MR) is 103 cm³/mol. The highest BCUT2D eigenvalue weighted by molar-refractivity contribution is 7.09. The largest absolute Gasteiger partial charge is 0.485 e. The van der Waals surface area contributed by atoms with Crippen molar-refractivity contribution < 1.29 is 9.53 Å². The minimum absolute atomic E-state index is 0.0335. The Bertz CT molecular complexity index is 732. The molecule has 0 aliphatic rings. The van der Waals surface area contributed by atoms with Crippen molar-refractivity contribution >= 4 is 40.4 Å². The average Bonchev–Trinajstić information content (AvgIpc) is 3.00. The lowest BCUT2D eigenvalue weighted by Crippen LogP contribution is -2.39. The van der Waals surface area contributed by atoms with E-state index >= 15 is 0 Å². The van der Waals surface area contributed by atoms with Crippen molar-refractivity contribution in [3.05, 3.63) is 44.3 Å². The number of carbonyl (C=O) groups excluding carboxylic acids is 1. The molecule has 0 fully saturated rings. The molecule has 1 heterocycles. The topological polar surface area (TPSA) is 42.4 Å². The Balaban J connectivity index is 2.01. The lowest BCUT2D eigenvalue weighted by molar-refractivity contribution is -0.136. The van der Waals surface area contributed by atoms with Gasteiger partial charge >= 0.3 is 0 Å². The molecule has 1 amide bonds. The summed E-state index contributed by atoms with van der Waals surface area (Å²) in [4.78, 5) is 18.7. The van der Waals surface area contributed by atoms with Crippen molar-refractivity contribution in [2.24, 2.45) is 5.92 Å². The van der Waals surface area contributed by atoms with Gasteiger partial charge < -0.3 is 9.64 Å². The fourth-order valence-corrected chi connectivity index (χ4v) is 3.27. The highest BCUT2D eigenvalue weighted by Crippen LogP contribution is 2.28. The lowest BCUT2D eigenvalue weighted by atomic mass is 10.1. The normalized spacial score (nSPS) is 11.2. The zero-order valence-corrected chi connectivity index (χ0v) is 17.1. The number of ether oxygens (including phenoxy) is 1. The van der Waals surface area contributed by atoms with Crippen LogP contribution in [0.15, 0.2) is 23.6 Å². The molecule has 0 saturated carbocycles. The number of halogens is 2. The molecule has 0 spiro atoms. The van der Waals surface area contributed by atoms with E-state index in [2.05, 4.69) is 4.98 Å². The van der Waals surface area contributed by atoms with Crippen LogP contribution in [0, 0.1) is 5.92 Å². The quantitative estimate of drug-likeness (QED) is 0.622. The molecule has 136 valence electrons. The van der Waals surface area contributed by atoms with Gasteiger partial charge in [0.1, 0.15) is 17.4 Å². The van der Waals surface area contributed by atoms with Crippen LogP contribution >= 0.6 is 34.5 Å². The molecule has 0 bridgehead atoms. The summed E-state index contributed by atoms with van der Waals surface area (Å²) < 4.78 is 5.71. The first-order valence-corrected chi connectivity index (χ1v) is 9.73. The molecule has 0 radical (unpaired) electrons. The first-order chi connectivity index (χ1) is 11.8. The Labute approximate surface area is 162 Å². The molecule has 0 saturated heterocycles. The molecule has 1 aromatic carbocycles. The lowest BCUT2D eigenvalue weighted by Gasteiger charge is -2.27.